The highest BCUT2D eigenvalue weighted by molar-refractivity contribution is 5.91. The lowest BCUT2D eigenvalue weighted by atomic mass is 9.98. The van der Waals surface area contributed by atoms with E-state index in [1.54, 1.807) is 46.1 Å². The topological polar surface area (TPSA) is 99.7 Å². The fourth-order valence-corrected chi connectivity index (χ4v) is 5.34. The molecule has 2 aliphatic heterocycles. The van der Waals surface area contributed by atoms with Gasteiger partial charge < -0.3 is 25.1 Å². The minimum Gasteiger partial charge on any atom is -0.508 e. The number of hydrogen-bond acceptors (Lipinski definition) is 7. The van der Waals surface area contributed by atoms with E-state index < -0.39 is 12.2 Å². The minimum absolute atomic E-state index is 0.0273. The molecule has 2 heterocycles. The van der Waals surface area contributed by atoms with Crippen LogP contribution >= 0.6 is 0 Å². The Hall–Kier alpha value is -4.41. The summed E-state index contributed by atoms with van der Waals surface area (Å²) in [6.45, 7) is 1.59. The first kappa shape index (κ1) is 30.5. The van der Waals surface area contributed by atoms with E-state index in [4.69, 9.17) is 0 Å². The third kappa shape index (κ3) is 7.26. The first-order valence-electron chi connectivity index (χ1n) is 14.0. The van der Waals surface area contributed by atoms with Crippen LogP contribution in [0.3, 0.4) is 0 Å². The molecule has 3 aromatic rings. The van der Waals surface area contributed by atoms with Crippen molar-refractivity contribution in [1.29, 1.82) is 0 Å². The Morgan fingerprint density at radius 2 is 1.64 bits per heavy atom. The Labute approximate surface area is 247 Å². The molecule has 3 aromatic carbocycles. The molecule has 0 spiro atoms. The molecular weight excluding hydrogens is 532 g/mol. The van der Waals surface area contributed by atoms with E-state index in [9.17, 15) is 19.5 Å². The van der Waals surface area contributed by atoms with Gasteiger partial charge in [0, 0.05) is 46.3 Å². The Morgan fingerprint density at radius 1 is 0.952 bits per heavy atom. The highest BCUT2D eigenvalue weighted by Gasteiger charge is 2.48. The van der Waals surface area contributed by atoms with E-state index in [1.165, 1.54) is 10.6 Å². The second-order valence-corrected chi connectivity index (χ2v) is 10.8. The van der Waals surface area contributed by atoms with Crippen LogP contribution in [0.25, 0.3) is 0 Å². The van der Waals surface area contributed by atoms with E-state index in [2.05, 4.69) is 17.4 Å². The van der Waals surface area contributed by atoms with Crippen LogP contribution in [0.5, 0.6) is 5.75 Å². The highest BCUT2D eigenvalue weighted by atomic mass is 16.3. The number of hydrogen-bond donors (Lipinski definition) is 2. The number of nitrogens with one attached hydrogen (secondary N) is 1. The number of anilines is 1. The van der Waals surface area contributed by atoms with Gasteiger partial charge >= 0.3 is 0 Å². The van der Waals surface area contributed by atoms with Crippen molar-refractivity contribution in [3.8, 4) is 5.75 Å². The van der Waals surface area contributed by atoms with Crippen LogP contribution in [-0.2, 0) is 33.9 Å². The number of hydrazine groups is 1. The van der Waals surface area contributed by atoms with Gasteiger partial charge in [-0.15, -0.1) is 0 Å². The van der Waals surface area contributed by atoms with Crippen molar-refractivity contribution in [3.63, 3.8) is 0 Å². The molecule has 2 N–H and O–H groups in total. The molecule has 0 saturated carbocycles. The maximum absolute atomic E-state index is 13.6. The summed E-state index contributed by atoms with van der Waals surface area (Å²) >= 11 is 0. The molecule has 0 aliphatic carbocycles. The molecule has 10 heteroatoms. The number of fused-ring (bicyclic) bond motifs is 1. The Bertz CT molecular complexity index is 1350. The molecule has 3 amide bonds. The Morgan fingerprint density at radius 3 is 2.29 bits per heavy atom. The van der Waals surface area contributed by atoms with Gasteiger partial charge in [0.25, 0.3) is 0 Å². The molecule has 2 fully saturated rings. The number of phenolic OH excluding ortho intramolecular Hbond substituents is 1. The third-order valence-corrected chi connectivity index (χ3v) is 7.49. The lowest BCUT2D eigenvalue weighted by Crippen LogP contribution is -2.74. The van der Waals surface area contributed by atoms with Gasteiger partial charge in [-0.05, 0) is 48.0 Å². The van der Waals surface area contributed by atoms with E-state index in [0.29, 0.717) is 19.4 Å². The molecule has 0 radical (unpaired) electrons. The number of aromatic hydroxyl groups is 1. The van der Waals surface area contributed by atoms with Crippen molar-refractivity contribution in [2.75, 3.05) is 46.2 Å². The van der Waals surface area contributed by atoms with Crippen LogP contribution in [0.2, 0.25) is 0 Å². The van der Waals surface area contributed by atoms with Gasteiger partial charge in [-0.3, -0.25) is 19.4 Å². The number of likely N-dealkylation sites (N-methyl/N-ethyl adjacent to an activating group) is 1. The van der Waals surface area contributed by atoms with E-state index in [0.717, 1.165) is 23.4 Å². The maximum Gasteiger partial charge on any atom is 0.246 e. The van der Waals surface area contributed by atoms with Gasteiger partial charge in [-0.2, -0.15) is 0 Å². The van der Waals surface area contributed by atoms with Crippen LogP contribution in [0, 0.1) is 0 Å². The Kier molecular flexibility index (Phi) is 10.2. The standard InChI is InChI=1S/C24H29N5O4.C8H11N/c1-25(2)19-6-4-5-18(11-19)13-27-14-22-28(16-30)26(3)15-23(32)29(22)21(24(27)33)12-17-7-9-20(31)10-8-17;1-9-7-8-5-3-2-4-6-8/h4-11,16,21-22,31H,12-15H2,1-3H3;2-6,9H,7H2,1H3/t21-,22?;/m0./s1. The van der Waals surface area contributed by atoms with Gasteiger partial charge in [0.05, 0.1) is 13.1 Å². The molecule has 2 atom stereocenters. The average molecular weight is 573 g/mol. The monoisotopic (exact) mass is 572 g/mol. The summed E-state index contributed by atoms with van der Waals surface area (Å²) in [5.74, 6) is -0.206. The van der Waals surface area contributed by atoms with Crippen molar-refractivity contribution in [3.05, 3.63) is 95.6 Å². The number of carbonyl (C=O) groups is 3. The van der Waals surface area contributed by atoms with E-state index in [-0.39, 0.29) is 30.7 Å². The third-order valence-electron chi connectivity index (χ3n) is 7.49. The van der Waals surface area contributed by atoms with Crippen LogP contribution in [0.15, 0.2) is 78.9 Å². The summed E-state index contributed by atoms with van der Waals surface area (Å²) in [6, 6.07) is 24.2. The van der Waals surface area contributed by atoms with Gasteiger partial charge in [0.1, 0.15) is 18.0 Å². The van der Waals surface area contributed by atoms with Crippen LogP contribution in [0.1, 0.15) is 16.7 Å². The molecule has 0 bridgehead atoms. The fraction of sp³-hybridized carbons (Fsp3) is 0.344. The van der Waals surface area contributed by atoms with Crippen molar-refractivity contribution in [2.24, 2.45) is 0 Å². The molecule has 2 aliphatic rings. The predicted octanol–water partition coefficient (Wildman–Crippen LogP) is 2.29. The molecule has 10 nitrogen and oxygen atoms in total. The molecule has 222 valence electrons. The predicted molar refractivity (Wildman–Crippen MR) is 162 cm³/mol. The average Bonchev–Trinajstić information content (AvgIpc) is 2.97. The first-order valence-corrected chi connectivity index (χ1v) is 14.0. The zero-order valence-electron chi connectivity index (χ0n) is 24.7. The number of phenols is 1. The van der Waals surface area contributed by atoms with Gasteiger partial charge in [-0.25, -0.2) is 5.01 Å². The van der Waals surface area contributed by atoms with Crippen molar-refractivity contribution < 1.29 is 19.5 Å². The number of benzene rings is 3. The van der Waals surface area contributed by atoms with Crippen molar-refractivity contribution >= 4 is 23.9 Å². The van der Waals surface area contributed by atoms with Gasteiger partial charge in [0.15, 0.2) is 0 Å². The number of rotatable bonds is 8. The lowest BCUT2D eigenvalue weighted by Gasteiger charge is -2.53. The molecule has 1 unspecified atom stereocenters. The van der Waals surface area contributed by atoms with Crippen LogP contribution in [0.4, 0.5) is 5.69 Å². The molecular formula is C32H40N6O4. The SMILES string of the molecule is CN(C)c1cccc(CN2CC3N(C(=O)CN(C)N3C=O)[C@@H](Cc3ccc(O)cc3)C2=O)c1.CNCc1ccccc1. The van der Waals surface area contributed by atoms with Crippen molar-refractivity contribution in [1.82, 2.24) is 25.1 Å². The summed E-state index contributed by atoms with van der Waals surface area (Å²) in [5, 5.41) is 15.8. The highest BCUT2D eigenvalue weighted by Crippen LogP contribution is 2.28. The molecule has 42 heavy (non-hydrogen) atoms. The maximum atomic E-state index is 13.6. The zero-order chi connectivity index (χ0) is 30.2. The summed E-state index contributed by atoms with van der Waals surface area (Å²) in [5.41, 5.74) is 4.16. The second-order valence-electron chi connectivity index (χ2n) is 10.8. The zero-order valence-corrected chi connectivity index (χ0v) is 24.7. The number of amides is 3. The normalized spacial score (nSPS) is 18.7. The van der Waals surface area contributed by atoms with Crippen LogP contribution in [-0.4, -0.2) is 96.6 Å². The first-order chi connectivity index (χ1) is 20.2. The summed E-state index contributed by atoms with van der Waals surface area (Å²) in [6.07, 6.45) is 0.430. The minimum atomic E-state index is -0.742. The number of nitrogens with zero attached hydrogens (tertiary/aromatic N) is 5. The quantitative estimate of drug-likeness (QED) is 0.400. The lowest BCUT2D eigenvalue weighted by molar-refractivity contribution is -0.196. The summed E-state index contributed by atoms with van der Waals surface area (Å²) in [7, 11) is 7.57. The van der Waals surface area contributed by atoms with Crippen LogP contribution < -0.4 is 10.2 Å². The molecule has 2 saturated heterocycles. The number of carbonyl (C=O) groups excluding carboxylic acids is 3. The largest absolute Gasteiger partial charge is 0.508 e. The molecule has 0 aromatic heterocycles. The molecule has 5 rings (SSSR count). The number of piperazine rings is 1. The van der Waals surface area contributed by atoms with E-state index >= 15 is 0 Å². The fourth-order valence-electron chi connectivity index (χ4n) is 5.34. The van der Waals surface area contributed by atoms with Gasteiger partial charge in [-0.1, -0.05) is 54.6 Å². The smallest absolute Gasteiger partial charge is 0.246 e. The van der Waals surface area contributed by atoms with Crippen molar-refractivity contribution in [2.45, 2.75) is 31.7 Å². The van der Waals surface area contributed by atoms with Gasteiger partial charge in [0.2, 0.25) is 18.2 Å². The second kappa shape index (κ2) is 14.0. The summed E-state index contributed by atoms with van der Waals surface area (Å²) in [4.78, 5) is 43.8. The van der Waals surface area contributed by atoms with E-state index in [1.807, 2.05) is 68.5 Å². The Balaban J connectivity index is 0.000000385. The summed E-state index contributed by atoms with van der Waals surface area (Å²) < 4.78 is 0.